The van der Waals surface area contributed by atoms with Gasteiger partial charge in [0.05, 0.1) is 12.3 Å². The average Bonchev–Trinajstić information content (AvgIpc) is 2.91. The van der Waals surface area contributed by atoms with Gasteiger partial charge < -0.3 is 9.30 Å². The van der Waals surface area contributed by atoms with Crippen LogP contribution in [0.4, 0.5) is 5.69 Å². The molecule has 0 radical (unpaired) electrons. The third kappa shape index (κ3) is 3.57. The highest BCUT2D eigenvalue weighted by atomic mass is 16.5. The topological polar surface area (TPSA) is 26.5 Å². The first-order chi connectivity index (χ1) is 12.5. The molecular formula is C23H26N2O. The third-order valence-corrected chi connectivity index (χ3v) is 4.79. The number of aromatic nitrogens is 1. The monoisotopic (exact) mass is 346 g/mol. The number of hydrogen-bond acceptors (Lipinski definition) is 2. The molecule has 2 aromatic carbocycles. The van der Waals surface area contributed by atoms with E-state index >= 15 is 0 Å². The van der Waals surface area contributed by atoms with Crippen molar-refractivity contribution < 1.29 is 4.74 Å². The number of rotatable bonds is 5. The molecule has 0 bridgehead atoms. The van der Waals surface area contributed by atoms with Crippen LogP contribution in [0, 0.1) is 27.7 Å². The number of aliphatic imine (C=N–C) groups is 1. The van der Waals surface area contributed by atoms with Crippen LogP contribution >= 0.6 is 0 Å². The summed E-state index contributed by atoms with van der Waals surface area (Å²) < 4.78 is 7.79. The summed E-state index contributed by atoms with van der Waals surface area (Å²) >= 11 is 0. The Morgan fingerprint density at radius 3 is 2.42 bits per heavy atom. The zero-order chi connectivity index (χ0) is 18.7. The van der Waals surface area contributed by atoms with Crippen LogP contribution in [0.15, 0.2) is 53.5 Å². The van der Waals surface area contributed by atoms with Gasteiger partial charge in [-0.2, -0.15) is 0 Å². The number of nitrogens with zero attached hydrogens (tertiary/aromatic N) is 2. The maximum Gasteiger partial charge on any atom is 0.119 e. The van der Waals surface area contributed by atoms with E-state index in [0.717, 1.165) is 22.7 Å². The molecular weight excluding hydrogens is 320 g/mol. The Morgan fingerprint density at radius 2 is 1.73 bits per heavy atom. The zero-order valence-corrected chi connectivity index (χ0v) is 16.2. The summed E-state index contributed by atoms with van der Waals surface area (Å²) in [5, 5.41) is 0. The molecule has 0 amide bonds. The summed E-state index contributed by atoms with van der Waals surface area (Å²) in [4.78, 5) is 4.73. The molecule has 0 spiro atoms. The van der Waals surface area contributed by atoms with E-state index in [4.69, 9.17) is 9.73 Å². The molecule has 3 rings (SSSR count). The summed E-state index contributed by atoms with van der Waals surface area (Å²) in [6.45, 7) is 11.2. The van der Waals surface area contributed by atoms with Crippen LogP contribution in [0.25, 0.3) is 5.69 Å². The Bertz CT molecular complexity index is 934. The first-order valence-corrected chi connectivity index (χ1v) is 9.03. The fourth-order valence-electron chi connectivity index (χ4n) is 3.19. The van der Waals surface area contributed by atoms with Crippen molar-refractivity contribution in [2.24, 2.45) is 4.99 Å². The second-order valence-electron chi connectivity index (χ2n) is 6.57. The largest absolute Gasteiger partial charge is 0.494 e. The van der Waals surface area contributed by atoms with Gasteiger partial charge in [-0.3, -0.25) is 4.99 Å². The van der Waals surface area contributed by atoms with Crippen LogP contribution in [-0.4, -0.2) is 17.4 Å². The van der Waals surface area contributed by atoms with E-state index in [9.17, 15) is 0 Å². The van der Waals surface area contributed by atoms with Crippen molar-refractivity contribution in [1.29, 1.82) is 0 Å². The summed E-state index contributed by atoms with van der Waals surface area (Å²) in [6, 6.07) is 16.6. The second-order valence-corrected chi connectivity index (χ2v) is 6.57. The average molecular weight is 346 g/mol. The van der Waals surface area contributed by atoms with E-state index in [0.29, 0.717) is 6.61 Å². The molecule has 3 nitrogen and oxygen atoms in total. The van der Waals surface area contributed by atoms with Gasteiger partial charge in [-0.25, -0.2) is 0 Å². The molecule has 3 heteroatoms. The SMILES string of the molecule is CCOc1ccc(-n2c(C)cc(C=Nc3cccc(C)c3C)c2C)cc1. The highest BCUT2D eigenvalue weighted by molar-refractivity contribution is 5.84. The lowest BCUT2D eigenvalue weighted by atomic mass is 10.1. The van der Waals surface area contributed by atoms with Crippen molar-refractivity contribution in [3.63, 3.8) is 0 Å². The van der Waals surface area contributed by atoms with Gasteiger partial charge in [0.2, 0.25) is 0 Å². The Kier molecular flexibility index (Phi) is 5.27. The van der Waals surface area contributed by atoms with Crippen LogP contribution in [-0.2, 0) is 0 Å². The molecule has 0 saturated carbocycles. The highest BCUT2D eigenvalue weighted by Crippen LogP contribution is 2.24. The molecule has 1 heterocycles. The van der Waals surface area contributed by atoms with Gasteiger partial charge in [-0.15, -0.1) is 0 Å². The molecule has 134 valence electrons. The number of ether oxygens (including phenoxy) is 1. The molecule has 0 saturated heterocycles. The molecule has 1 aromatic heterocycles. The van der Waals surface area contributed by atoms with E-state index in [1.165, 1.54) is 22.5 Å². The second kappa shape index (κ2) is 7.61. The summed E-state index contributed by atoms with van der Waals surface area (Å²) in [6.07, 6.45) is 1.97. The van der Waals surface area contributed by atoms with Gasteiger partial charge in [0.25, 0.3) is 0 Å². The minimum Gasteiger partial charge on any atom is -0.494 e. The minimum atomic E-state index is 0.680. The molecule has 3 aromatic rings. The van der Waals surface area contributed by atoms with Crippen molar-refractivity contribution in [3.05, 3.63) is 76.6 Å². The minimum absolute atomic E-state index is 0.680. The van der Waals surface area contributed by atoms with Crippen LogP contribution < -0.4 is 4.74 Å². The molecule has 0 N–H and O–H groups in total. The lowest BCUT2D eigenvalue weighted by Crippen LogP contribution is -2.00. The summed E-state index contributed by atoms with van der Waals surface area (Å²) in [7, 11) is 0. The Hall–Kier alpha value is -2.81. The van der Waals surface area contributed by atoms with Crippen molar-refractivity contribution in [1.82, 2.24) is 4.57 Å². The number of aryl methyl sites for hydroxylation is 2. The predicted molar refractivity (Wildman–Crippen MR) is 110 cm³/mol. The Labute approximate surface area is 156 Å². The van der Waals surface area contributed by atoms with E-state index < -0.39 is 0 Å². The van der Waals surface area contributed by atoms with Crippen LogP contribution in [0.2, 0.25) is 0 Å². The Balaban J connectivity index is 1.93. The standard InChI is InChI=1S/C23H26N2O/c1-6-26-22-12-10-21(11-13-22)25-17(3)14-20(19(25)5)15-24-23-9-7-8-16(2)18(23)4/h7-15H,6H2,1-5H3. The van der Waals surface area contributed by atoms with Crippen molar-refractivity contribution >= 4 is 11.9 Å². The molecule has 0 aliphatic carbocycles. The maximum absolute atomic E-state index is 5.54. The van der Waals surface area contributed by atoms with Crippen molar-refractivity contribution in [2.45, 2.75) is 34.6 Å². The van der Waals surface area contributed by atoms with Gasteiger partial charge in [-0.05, 0) is 82.1 Å². The van der Waals surface area contributed by atoms with Crippen LogP contribution in [0.3, 0.4) is 0 Å². The van der Waals surface area contributed by atoms with Gasteiger partial charge in [0, 0.05) is 28.9 Å². The Morgan fingerprint density at radius 1 is 1.00 bits per heavy atom. The molecule has 0 aliphatic heterocycles. The van der Waals surface area contributed by atoms with Crippen molar-refractivity contribution in [3.8, 4) is 11.4 Å². The fraction of sp³-hybridized carbons (Fsp3) is 0.261. The van der Waals surface area contributed by atoms with Crippen LogP contribution in [0.5, 0.6) is 5.75 Å². The number of hydrogen-bond donors (Lipinski definition) is 0. The fourth-order valence-corrected chi connectivity index (χ4v) is 3.19. The quantitative estimate of drug-likeness (QED) is 0.531. The third-order valence-electron chi connectivity index (χ3n) is 4.79. The van der Waals surface area contributed by atoms with E-state index in [1.54, 1.807) is 0 Å². The predicted octanol–water partition coefficient (Wildman–Crippen LogP) is 5.86. The zero-order valence-electron chi connectivity index (χ0n) is 16.2. The summed E-state index contributed by atoms with van der Waals surface area (Å²) in [5.74, 6) is 0.899. The van der Waals surface area contributed by atoms with Gasteiger partial charge in [0.1, 0.15) is 5.75 Å². The van der Waals surface area contributed by atoms with E-state index in [-0.39, 0.29) is 0 Å². The van der Waals surface area contributed by atoms with Crippen molar-refractivity contribution in [2.75, 3.05) is 6.61 Å². The number of benzene rings is 2. The van der Waals surface area contributed by atoms with Gasteiger partial charge in [-0.1, -0.05) is 12.1 Å². The molecule has 0 atom stereocenters. The van der Waals surface area contributed by atoms with E-state index in [1.807, 2.05) is 25.3 Å². The molecule has 0 unspecified atom stereocenters. The van der Waals surface area contributed by atoms with Gasteiger partial charge >= 0.3 is 0 Å². The molecule has 0 aliphatic rings. The van der Waals surface area contributed by atoms with Gasteiger partial charge in [0.15, 0.2) is 0 Å². The van der Waals surface area contributed by atoms with Crippen LogP contribution in [0.1, 0.15) is 35.0 Å². The van der Waals surface area contributed by atoms with E-state index in [2.05, 4.69) is 68.7 Å². The summed E-state index contributed by atoms with van der Waals surface area (Å²) in [5.41, 5.74) is 8.15. The molecule has 0 fully saturated rings. The molecule has 26 heavy (non-hydrogen) atoms. The first kappa shape index (κ1) is 18.0. The maximum atomic E-state index is 5.54. The smallest absolute Gasteiger partial charge is 0.119 e. The normalized spacial score (nSPS) is 11.3. The highest BCUT2D eigenvalue weighted by Gasteiger charge is 2.10. The first-order valence-electron chi connectivity index (χ1n) is 9.03. The lowest BCUT2D eigenvalue weighted by Gasteiger charge is -2.11. The lowest BCUT2D eigenvalue weighted by molar-refractivity contribution is 0.340.